The van der Waals surface area contributed by atoms with E-state index in [-0.39, 0.29) is 0 Å². The van der Waals surface area contributed by atoms with Crippen molar-refractivity contribution in [2.24, 2.45) is 0 Å². The van der Waals surface area contributed by atoms with Gasteiger partial charge in [0.2, 0.25) is 0 Å². The van der Waals surface area contributed by atoms with E-state index in [0.717, 1.165) is 29.3 Å². The Balaban J connectivity index is 2.03. The average Bonchev–Trinajstić information content (AvgIpc) is 2.37. The van der Waals surface area contributed by atoms with Gasteiger partial charge in [0, 0.05) is 11.1 Å². The Kier molecular flexibility index (Phi) is 4.90. The van der Waals surface area contributed by atoms with E-state index in [1.165, 1.54) is 19.3 Å². The Hall–Kier alpha value is -0.730. The SMILES string of the molecule is CCNC1CCCCC1Oc1ccc(Cl)c(C)c1. The van der Waals surface area contributed by atoms with Crippen molar-refractivity contribution in [3.05, 3.63) is 28.8 Å². The molecule has 0 spiro atoms. The van der Waals surface area contributed by atoms with Crippen LogP contribution >= 0.6 is 11.6 Å². The van der Waals surface area contributed by atoms with Gasteiger partial charge < -0.3 is 10.1 Å². The van der Waals surface area contributed by atoms with Gasteiger partial charge in [-0.15, -0.1) is 0 Å². The molecule has 1 fully saturated rings. The summed E-state index contributed by atoms with van der Waals surface area (Å²) in [5.41, 5.74) is 1.07. The van der Waals surface area contributed by atoms with Gasteiger partial charge in [0.25, 0.3) is 0 Å². The number of ether oxygens (including phenoxy) is 1. The second-order valence-corrected chi connectivity index (χ2v) is 5.42. The first-order valence-electron chi connectivity index (χ1n) is 6.87. The maximum absolute atomic E-state index is 6.14. The third-order valence-corrected chi connectivity index (χ3v) is 4.01. The Bertz CT molecular complexity index is 392. The fourth-order valence-corrected chi connectivity index (χ4v) is 2.72. The predicted octanol–water partition coefficient (Wildman–Crippen LogP) is 3.95. The lowest BCUT2D eigenvalue weighted by Gasteiger charge is -2.32. The van der Waals surface area contributed by atoms with Gasteiger partial charge in [0.15, 0.2) is 0 Å². The third kappa shape index (κ3) is 3.39. The number of benzene rings is 1. The van der Waals surface area contributed by atoms with Gasteiger partial charge in [0.05, 0.1) is 0 Å². The number of nitrogens with one attached hydrogen (secondary N) is 1. The molecule has 1 aliphatic rings. The smallest absolute Gasteiger partial charge is 0.120 e. The minimum absolute atomic E-state index is 0.291. The van der Waals surface area contributed by atoms with Gasteiger partial charge in [0.1, 0.15) is 11.9 Å². The third-order valence-electron chi connectivity index (χ3n) is 3.59. The summed E-state index contributed by atoms with van der Waals surface area (Å²) in [5.74, 6) is 0.937. The zero-order chi connectivity index (χ0) is 13.0. The van der Waals surface area contributed by atoms with E-state index in [1.807, 2.05) is 25.1 Å². The van der Waals surface area contributed by atoms with E-state index in [1.54, 1.807) is 0 Å². The molecule has 0 saturated heterocycles. The monoisotopic (exact) mass is 267 g/mol. The lowest BCUT2D eigenvalue weighted by molar-refractivity contribution is 0.115. The van der Waals surface area contributed by atoms with Crippen LogP contribution in [0.25, 0.3) is 0 Å². The standard InChI is InChI=1S/C15H22ClNO/c1-3-17-14-6-4-5-7-15(14)18-12-8-9-13(16)11(2)10-12/h8-10,14-15,17H,3-7H2,1-2H3. The highest BCUT2D eigenvalue weighted by Gasteiger charge is 2.25. The van der Waals surface area contributed by atoms with Crippen molar-refractivity contribution in [1.29, 1.82) is 0 Å². The highest BCUT2D eigenvalue weighted by atomic mass is 35.5. The molecular formula is C15H22ClNO. The van der Waals surface area contributed by atoms with Crippen LogP contribution < -0.4 is 10.1 Å². The predicted molar refractivity (Wildman–Crippen MR) is 76.5 cm³/mol. The van der Waals surface area contributed by atoms with Crippen molar-refractivity contribution < 1.29 is 4.74 Å². The molecule has 0 radical (unpaired) electrons. The maximum Gasteiger partial charge on any atom is 0.120 e. The molecule has 0 aromatic heterocycles. The topological polar surface area (TPSA) is 21.3 Å². The van der Waals surface area contributed by atoms with E-state index in [9.17, 15) is 0 Å². The molecule has 0 amide bonds. The lowest BCUT2D eigenvalue weighted by atomic mass is 9.92. The van der Waals surface area contributed by atoms with Crippen molar-refractivity contribution >= 4 is 11.6 Å². The van der Waals surface area contributed by atoms with Crippen LogP contribution in [0.1, 0.15) is 38.2 Å². The Morgan fingerprint density at radius 1 is 1.33 bits per heavy atom. The van der Waals surface area contributed by atoms with E-state index in [0.29, 0.717) is 12.1 Å². The zero-order valence-corrected chi connectivity index (χ0v) is 12.0. The zero-order valence-electron chi connectivity index (χ0n) is 11.2. The van der Waals surface area contributed by atoms with E-state index in [4.69, 9.17) is 16.3 Å². The minimum Gasteiger partial charge on any atom is -0.489 e. The van der Waals surface area contributed by atoms with Crippen LogP contribution in [0.4, 0.5) is 0 Å². The summed E-state index contributed by atoms with van der Waals surface area (Å²) in [6.45, 7) is 5.17. The highest BCUT2D eigenvalue weighted by molar-refractivity contribution is 6.31. The summed E-state index contributed by atoms with van der Waals surface area (Å²) in [5, 5.41) is 4.33. The summed E-state index contributed by atoms with van der Waals surface area (Å²) in [7, 11) is 0. The fourth-order valence-electron chi connectivity index (χ4n) is 2.60. The molecule has 1 aliphatic carbocycles. The summed E-state index contributed by atoms with van der Waals surface area (Å²) >= 11 is 6.03. The number of likely N-dealkylation sites (N-methyl/N-ethyl adjacent to an activating group) is 1. The Morgan fingerprint density at radius 2 is 2.11 bits per heavy atom. The number of rotatable bonds is 4. The number of hydrogen-bond acceptors (Lipinski definition) is 2. The molecular weight excluding hydrogens is 246 g/mol. The molecule has 100 valence electrons. The second kappa shape index (κ2) is 6.44. The van der Waals surface area contributed by atoms with Crippen molar-refractivity contribution in [3.8, 4) is 5.75 Å². The summed E-state index contributed by atoms with van der Waals surface area (Å²) < 4.78 is 6.14. The van der Waals surface area contributed by atoms with Gasteiger partial charge in [-0.1, -0.05) is 24.9 Å². The van der Waals surface area contributed by atoms with Gasteiger partial charge in [-0.2, -0.15) is 0 Å². The van der Waals surface area contributed by atoms with Crippen LogP contribution in [0.15, 0.2) is 18.2 Å². The summed E-state index contributed by atoms with van der Waals surface area (Å²) in [6.07, 6.45) is 5.21. The van der Waals surface area contributed by atoms with Crippen molar-refractivity contribution in [3.63, 3.8) is 0 Å². The maximum atomic E-state index is 6.14. The first-order valence-corrected chi connectivity index (χ1v) is 7.24. The first kappa shape index (κ1) is 13.7. The molecule has 1 aromatic carbocycles. The number of halogens is 1. The average molecular weight is 268 g/mol. The number of hydrogen-bond donors (Lipinski definition) is 1. The molecule has 1 aromatic rings. The normalized spacial score (nSPS) is 23.9. The Labute approximate surface area is 115 Å². The van der Waals surface area contributed by atoms with Crippen LogP contribution in [0.3, 0.4) is 0 Å². The Morgan fingerprint density at radius 3 is 2.83 bits per heavy atom. The minimum atomic E-state index is 0.291. The van der Waals surface area contributed by atoms with Gasteiger partial charge in [-0.25, -0.2) is 0 Å². The second-order valence-electron chi connectivity index (χ2n) is 5.02. The van der Waals surface area contributed by atoms with Crippen LogP contribution in [-0.4, -0.2) is 18.7 Å². The summed E-state index contributed by atoms with van der Waals surface area (Å²) in [4.78, 5) is 0. The molecule has 1 saturated carbocycles. The largest absolute Gasteiger partial charge is 0.489 e. The van der Waals surface area contributed by atoms with Crippen LogP contribution in [0.2, 0.25) is 5.02 Å². The molecule has 0 heterocycles. The van der Waals surface area contributed by atoms with Crippen molar-refractivity contribution in [2.45, 2.75) is 51.7 Å². The highest BCUT2D eigenvalue weighted by Crippen LogP contribution is 2.26. The van der Waals surface area contributed by atoms with Gasteiger partial charge in [-0.05, 0) is 56.5 Å². The molecule has 2 unspecified atom stereocenters. The van der Waals surface area contributed by atoms with Crippen molar-refractivity contribution in [2.75, 3.05) is 6.54 Å². The summed E-state index contributed by atoms with van der Waals surface area (Å²) in [6, 6.07) is 6.39. The molecule has 2 nitrogen and oxygen atoms in total. The fraction of sp³-hybridized carbons (Fsp3) is 0.600. The molecule has 2 atom stereocenters. The van der Waals surface area contributed by atoms with Crippen LogP contribution in [0.5, 0.6) is 5.75 Å². The molecule has 18 heavy (non-hydrogen) atoms. The first-order chi connectivity index (χ1) is 8.70. The van der Waals surface area contributed by atoms with Crippen molar-refractivity contribution in [1.82, 2.24) is 5.32 Å². The molecule has 2 rings (SSSR count). The molecule has 3 heteroatoms. The van der Waals surface area contributed by atoms with Gasteiger partial charge in [-0.3, -0.25) is 0 Å². The molecule has 0 bridgehead atoms. The number of aryl methyl sites for hydroxylation is 1. The quantitative estimate of drug-likeness (QED) is 0.892. The molecule has 1 N–H and O–H groups in total. The van der Waals surface area contributed by atoms with Crippen LogP contribution in [0, 0.1) is 6.92 Å². The molecule has 0 aliphatic heterocycles. The van der Waals surface area contributed by atoms with Gasteiger partial charge >= 0.3 is 0 Å². The van der Waals surface area contributed by atoms with E-state index in [2.05, 4.69) is 12.2 Å². The lowest BCUT2D eigenvalue weighted by Crippen LogP contribution is -2.45. The van der Waals surface area contributed by atoms with E-state index >= 15 is 0 Å². The van der Waals surface area contributed by atoms with Crippen LogP contribution in [-0.2, 0) is 0 Å². The van der Waals surface area contributed by atoms with E-state index < -0.39 is 0 Å².